The van der Waals surface area contributed by atoms with Crippen LogP contribution in [0.3, 0.4) is 0 Å². The fraction of sp³-hybridized carbons (Fsp3) is 0.208. The first kappa shape index (κ1) is 24.7. The molecule has 176 valence electrons. The smallest absolute Gasteiger partial charge is 0.274 e. The largest absolute Gasteiger partial charge is 0.331 e. The van der Waals surface area contributed by atoms with Crippen molar-refractivity contribution < 1.29 is 9.83 Å². The maximum atomic E-state index is 13.0. The van der Waals surface area contributed by atoms with Crippen LogP contribution in [0.2, 0.25) is 5.02 Å². The van der Waals surface area contributed by atoms with Crippen LogP contribution in [0.4, 0.5) is 5.69 Å². The molecule has 3 aromatic rings. The Labute approximate surface area is 202 Å². The second-order valence-electron chi connectivity index (χ2n) is 8.26. The number of rotatable bonds is 8. The molecule has 1 atom stereocenters. The fourth-order valence-corrected chi connectivity index (χ4v) is 3.47. The highest BCUT2D eigenvalue weighted by Crippen LogP contribution is 2.26. The van der Waals surface area contributed by atoms with Gasteiger partial charge in [-0.1, -0.05) is 55.8 Å². The summed E-state index contributed by atoms with van der Waals surface area (Å²) in [6.45, 7) is 3.90. The van der Waals surface area contributed by atoms with E-state index in [-0.39, 0.29) is 11.9 Å². The van der Waals surface area contributed by atoms with Crippen molar-refractivity contribution in [1.29, 1.82) is 0 Å². The van der Waals surface area contributed by atoms with Gasteiger partial charge in [-0.25, -0.2) is 10.1 Å². The Bertz CT molecular complexity index is 1140. The minimum absolute atomic E-state index is 0.138. The molecule has 0 fully saturated rings. The second-order valence-corrected chi connectivity index (χ2v) is 8.70. The predicted molar refractivity (Wildman–Crippen MR) is 132 cm³/mol. The summed E-state index contributed by atoms with van der Waals surface area (Å²) in [5.41, 5.74) is 1.37. The van der Waals surface area contributed by atoms with Crippen LogP contribution in [-0.2, 0) is 6.42 Å². The molecule has 1 amide bonds. The van der Waals surface area contributed by atoms with E-state index in [9.17, 15) is 14.9 Å². The zero-order chi connectivity index (χ0) is 24.6. The Morgan fingerprint density at radius 1 is 1.09 bits per heavy atom. The molecule has 0 radical (unpaired) electrons. The summed E-state index contributed by atoms with van der Waals surface area (Å²) in [6, 6.07) is 19.6. The first-order valence-corrected chi connectivity index (χ1v) is 10.9. The van der Waals surface area contributed by atoms with Gasteiger partial charge in [-0.05, 0) is 48.4 Å². The van der Waals surface area contributed by atoms with Gasteiger partial charge in [0.2, 0.25) is 0 Å². The number of anilines is 1. The number of aromatic nitrogens is 1. The van der Waals surface area contributed by atoms with Crippen molar-refractivity contribution in [3.05, 3.63) is 105 Å². The molecule has 0 bridgehead atoms. The number of hydrogen-bond acceptors (Lipinski definition) is 4. The first-order chi connectivity index (χ1) is 16.2. The van der Waals surface area contributed by atoms with Gasteiger partial charge in [-0.2, -0.15) is 0 Å². The van der Waals surface area contributed by atoms with E-state index in [0.717, 1.165) is 5.56 Å². The summed E-state index contributed by atoms with van der Waals surface area (Å²) < 4.78 is 0. The van der Waals surface area contributed by atoms with Crippen LogP contribution in [0.15, 0.2) is 84.2 Å². The lowest BCUT2D eigenvalue weighted by atomic mass is 9.82. The minimum atomic E-state index is -0.812. The van der Waals surface area contributed by atoms with E-state index < -0.39 is 16.6 Å². The minimum Gasteiger partial charge on any atom is -0.331 e. The number of nitrogens with one attached hydrogen (secondary N) is 3. The van der Waals surface area contributed by atoms with Crippen molar-refractivity contribution in [1.82, 2.24) is 15.6 Å². The van der Waals surface area contributed by atoms with Crippen molar-refractivity contribution in [2.45, 2.75) is 26.4 Å². The molecular formula is C24H25ClN6O3. The van der Waals surface area contributed by atoms with Gasteiger partial charge in [0.25, 0.3) is 11.9 Å². The van der Waals surface area contributed by atoms with Gasteiger partial charge in [-0.3, -0.25) is 9.78 Å². The van der Waals surface area contributed by atoms with Crippen LogP contribution in [0, 0.1) is 15.5 Å². The number of nitro groups is 1. The SMILES string of the molecule is CC(C)(Cc1ccccc1)C(NC(=O)c1ccc(Cl)cc1)N/C(=N/[N+](=O)[O-])Nc1cccnc1. The van der Waals surface area contributed by atoms with Crippen LogP contribution in [0.1, 0.15) is 29.8 Å². The molecule has 10 heteroatoms. The predicted octanol–water partition coefficient (Wildman–Crippen LogP) is 4.31. The number of carbonyl (C=O) groups excluding carboxylic acids is 1. The second kappa shape index (κ2) is 11.2. The molecule has 1 heterocycles. The Balaban J connectivity index is 1.90. The molecule has 0 spiro atoms. The monoisotopic (exact) mass is 480 g/mol. The van der Waals surface area contributed by atoms with Crippen LogP contribution < -0.4 is 16.0 Å². The van der Waals surface area contributed by atoms with E-state index in [4.69, 9.17) is 11.6 Å². The molecule has 1 unspecified atom stereocenters. The average Bonchev–Trinajstić information content (AvgIpc) is 2.79. The third kappa shape index (κ3) is 7.28. The van der Waals surface area contributed by atoms with Crippen molar-refractivity contribution in [3.63, 3.8) is 0 Å². The van der Waals surface area contributed by atoms with Crippen LogP contribution >= 0.6 is 11.6 Å². The number of pyridine rings is 1. The van der Waals surface area contributed by atoms with Gasteiger partial charge >= 0.3 is 0 Å². The average molecular weight is 481 g/mol. The fourth-order valence-electron chi connectivity index (χ4n) is 3.35. The molecule has 0 aliphatic heterocycles. The molecule has 0 aliphatic carbocycles. The summed E-state index contributed by atoms with van der Waals surface area (Å²) in [5, 5.41) is 23.2. The topological polar surface area (TPSA) is 122 Å². The maximum absolute atomic E-state index is 13.0. The van der Waals surface area contributed by atoms with E-state index in [0.29, 0.717) is 22.7 Å². The maximum Gasteiger partial charge on any atom is 0.274 e. The van der Waals surface area contributed by atoms with E-state index in [1.165, 1.54) is 6.20 Å². The number of guanidine groups is 1. The van der Waals surface area contributed by atoms with Crippen molar-refractivity contribution in [2.75, 3.05) is 5.32 Å². The zero-order valence-electron chi connectivity index (χ0n) is 18.7. The molecule has 0 saturated carbocycles. The Kier molecular flexibility index (Phi) is 8.15. The lowest BCUT2D eigenvalue weighted by Gasteiger charge is -2.36. The van der Waals surface area contributed by atoms with Gasteiger partial charge in [0.15, 0.2) is 5.03 Å². The number of hydrazone groups is 1. The number of amides is 1. The van der Waals surface area contributed by atoms with Crippen LogP contribution in [-0.4, -0.2) is 28.0 Å². The van der Waals surface area contributed by atoms with Crippen LogP contribution in [0.5, 0.6) is 0 Å². The summed E-state index contributed by atoms with van der Waals surface area (Å²) in [7, 11) is 0. The molecule has 1 aromatic heterocycles. The number of hydrogen-bond donors (Lipinski definition) is 3. The lowest BCUT2D eigenvalue weighted by Crippen LogP contribution is -2.58. The number of nitrogens with zero attached hydrogens (tertiary/aromatic N) is 3. The number of carbonyl (C=O) groups is 1. The summed E-state index contributed by atoms with van der Waals surface area (Å²) in [5.74, 6) is -0.502. The normalized spacial score (nSPS) is 12.5. The lowest BCUT2D eigenvalue weighted by molar-refractivity contribution is -0.485. The van der Waals surface area contributed by atoms with E-state index in [1.54, 1.807) is 42.6 Å². The summed E-state index contributed by atoms with van der Waals surface area (Å²) in [4.78, 5) is 28.2. The highest BCUT2D eigenvalue weighted by Gasteiger charge is 2.33. The number of benzene rings is 2. The summed E-state index contributed by atoms with van der Waals surface area (Å²) in [6.07, 6.45) is 2.93. The van der Waals surface area contributed by atoms with Gasteiger partial charge in [0.05, 0.1) is 11.9 Å². The number of halogens is 1. The highest BCUT2D eigenvalue weighted by atomic mass is 35.5. The Hall–Kier alpha value is -3.98. The van der Waals surface area contributed by atoms with Gasteiger partial charge in [0.1, 0.15) is 11.3 Å². The molecular weight excluding hydrogens is 456 g/mol. The molecule has 0 aliphatic rings. The van der Waals surface area contributed by atoms with Crippen LogP contribution in [0.25, 0.3) is 0 Å². The Morgan fingerprint density at radius 3 is 2.41 bits per heavy atom. The molecule has 2 aromatic carbocycles. The molecule has 0 saturated heterocycles. The van der Waals surface area contributed by atoms with Gasteiger partial charge in [0, 0.05) is 22.2 Å². The van der Waals surface area contributed by atoms with Crippen molar-refractivity contribution >= 4 is 29.2 Å². The highest BCUT2D eigenvalue weighted by molar-refractivity contribution is 6.30. The molecule has 9 nitrogen and oxygen atoms in total. The standard InChI is InChI=1S/C24H25ClN6O3/c1-24(2,15-17-7-4-3-5-8-17)22(28-21(32)18-10-12-19(25)13-11-18)29-23(30-31(33)34)27-20-9-6-14-26-16-20/h3-14,16,22H,15H2,1-2H3,(H,28,32)(H2,27,29,30). The van der Waals surface area contributed by atoms with E-state index >= 15 is 0 Å². The Morgan fingerprint density at radius 2 is 1.79 bits per heavy atom. The molecule has 34 heavy (non-hydrogen) atoms. The van der Waals surface area contributed by atoms with Crippen molar-refractivity contribution in [3.8, 4) is 0 Å². The summed E-state index contributed by atoms with van der Waals surface area (Å²) >= 11 is 5.94. The third-order valence-electron chi connectivity index (χ3n) is 5.05. The molecule has 3 N–H and O–H groups in total. The van der Waals surface area contributed by atoms with E-state index in [1.807, 2.05) is 44.2 Å². The first-order valence-electron chi connectivity index (χ1n) is 10.5. The van der Waals surface area contributed by atoms with Crippen molar-refractivity contribution in [2.24, 2.45) is 10.5 Å². The van der Waals surface area contributed by atoms with E-state index in [2.05, 4.69) is 26.0 Å². The quantitative estimate of drug-likeness (QED) is 0.145. The zero-order valence-corrected chi connectivity index (χ0v) is 19.5. The van der Waals surface area contributed by atoms with Gasteiger partial charge < -0.3 is 16.0 Å². The molecule has 3 rings (SSSR count). The third-order valence-corrected chi connectivity index (χ3v) is 5.30. The van der Waals surface area contributed by atoms with Gasteiger partial charge in [-0.15, -0.1) is 0 Å².